The number of benzene rings is 2. The molecule has 2 aliphatic rings. The highest BCUT2D eigenvalue weighted by molar-refractivity contribution is 5.94. The van der Waals surface area contributed by atoms with Crippen molar-refractivity contribution >= 4 is 11.6 Å². The first-order valence-electron chi connectivity index (χ1n) is 10.1. The topological polar surface area (TPSA) is 44.1 Å². The maximum Gasteiger partial charge on any atom is 0.227 e. The summed E-state index contributed by atoms with van der Waals surface area (Å²) < 4.78 is 13.6. The maximum absolute atomic E-state index is 13.6. The molecule has 144 valence electrons. The number of rotatable bonds is 5. The summed E-state index contributed by atoms with van der Waals surface area (Å²) in [6, 6.07) is 14.0. The van der Waals surface area contributed by atoms with Crippen molar-refractivity contribution in [2.75, 3.05) is 4.90 Å². The van der Waals surface area contributed by atoms with E-state index in [1.165, 1.54) is 37.8 Å². The van der Waals surface area contributed by atoms with Crippen LogP contribution in [0.3, 0.4) is 0 Å². The van der Waals surface area contributed by atoms with Crippen LogP contribution in [-0.4, -0.2) is 5.91 Å². The van der Waals surface area contributed by atoms with Crippen molar-refractivity contribution in [1.29, 1.82) is 5.26 Å². The highest BCUT2D eigenvalue weighted by atomic mass is 19.1. The molecule has 2 aliphatic carbocycles. The summed E-state index contributed by atoms with van der Waals surface area (Å²) in [7, 11) is 0. The first kappa shape index (κ1) is 18.7. The van der Waals surface area contributed by atoms with E-state index in [1.807, 2.05) is 19.1 Å². The molecule has 0 radical (unpaired) electrons. The van der Waals surface area contributed by atoms with Gasteiger partial charge in [-0.2, -0.15) is 5.26 Å². The average Bonchev–Trinajstić information content (AvgIpc) is 3.30. The molecule has 3 nitrogen and oxygen atoms in total. The third kappa shape index (κ3) is 3.80. The van der Waals surface area contributed by atoms with Crippen molar-refractivity contribution in [3.8, 4) is 6.07 Å². The second kappa shape index (κ2) is 7.75. The fourth-order valence-corrected chi connectivity index (χ4v) is 5.06. The van der Waals surface area contributed by atoms with Crippen LogP contribution in [0.4, 0.5) is 10.1 Å². The summed E-state index contributed by atoms with van der Waals surface area (Å²) in [5, 5.41) is 9.00. The zero-order valence-electron chi connectivity index (χ0n) is 16.2. The molecule has 2 fully saturated rings. The highest BCUT2D eigenvalue weighted by Gasteiger charge is 2.40. The van der Waals surface area contributed by atoms with Crippen LogP contribution >= 0.6 is 0 Å². The van der Waals surface area contributed by atoms with Crippen LogP contribution in [-0.2, 0) is 11.3 Å². The van der Waals surface area contributed by atoms with E-state index in [0.29, 0.717) is 30.4 Å². The number of hydrogen-bond donors (Lipinski definition) is 0. The molecular weight excluding hydrogens is 351 g/mol. The standard InChI is InChI=1S/C24H25FN2O/c1-16-10-22(25)8-9-23(16)27(15-18-4-2-17(14-26)3-5-18)24(28)13-21-12-19-6-7-20(21)11-19/h2-5,8-10,19-21H,6-7,11-13,15H2,1H3. The number of carbonyl (C=O) groups excluding carboxylic acids is 1. The van der Waals surface area contributed by atoms with Crippen molar-refractivity contribution < 1.29 is 9.18 Å². The first-order valence-corrected chi connectivity index (χ1v) is 10.1. The number of anilines is 1. The largest absolute Gasteiger partial charge is 0.308 e. The lowest BCUT2D eigenvalue weighted by molar-refractivity contribution is -0.120. The highest BCUT2D eigenvalue weighted by Crippen LogP contribution is 2.49. The Hall–Kier alpha value is -2.67. The first-order chi connectivity index (χ1) is 13.5. The molecule has 28 heavy (non-hydrogen) atoms. The normalized spacial score (nSPS) is 22.8. The van der Waals surface area contributed by atoms with E-state index in [9.17, 15) is 9.18 Å². The monoisotopic (exact) mass is 376 g/mol. The molecule has 0 aromatic heterocycles. The molecular formula is C24H25FN2O. The van der Waals surface area contributed by atoms with Crippen molar-refractivity contribution in [2.24, 2.45) is 17.8 Å². The Morgan fingerprint density at radius 2 is 1.96 bits per heavy atom. The van der Waals surface area contributed by atoms with E-state index < -0.39 is 0 Å². The number of fused-ring (bicyclic) bond motifs is 2. The molecule has 0 saturated heterocycles. The lowest BCUT2D eigenvalue weighted by Crippen LogP contribution is -2.33. The number of nitriles is 1. The lowest BCUT2D eigenvalue weighted by atomic mass is 9.86. The molecule has 4 heteroatoms. The number of aryl methyl sites for hydroxylation is 1. The zero-order chi connectivity index (χ0) is 19.7. The van der Waals surface area contributed by atoms with Gasteiger partial charge in [-0.25, -0.2) is 4.39 Å². The van der Waals surface area contributed by atoms with Gasteiger partial charge in [-0.15, -0.1) is 0 Å². The van der Waals surface area contributed by atoms with E-state index in [0.717, 1.165) is 22.7 Å². The third-order valence-electron chi connectivity index (χ3n) is 6.50. The van der Waals surface area contributed by atoms with Crippen LogP contribution in [0.2, 0.25) is 0 Å². The van der Waals surface area contributed by atoms with E-state index in [4.69, 9.17) is 5.26 Å². The number of halogens is 1. The Kier molecular flexibility index (Phi) is 5.17. The summed E-state index contributed by atoms with van der Waals surface area (Å²) in [6.07, 6.45) is 5.59. The van der Waals surface area contributed by atoms with Gasteiger partial charge in [0.15, 0.2) is 0 Å². The van der Waals surface area contributed by atoms with Crippen molar-refractivity contribution in [3.05, 3.63) is 65.0 Å². The number of nitrogens with zero attached hydrogens (tertiary/aromatic N) is 2. The van der Waals surface area contributed by atoms with Crippen LogP contribution in [0.15, 0.2) is 42.5 Å². The van der Waals surface area contributed by atoms with E-state index in [2.05, 4.69) is 6.07 Å². The van der Waals surface area contributed by atoms with Crippen LogP contribution in [0.5, 0.6) is 0 Å². The van der Waals surface area contributed by atoms with Crippen molar-refractivity contribution in [3.63, 3.8) is 0 Å². The molecule has 0 spiro atoms. The molecule has 2 aromatic carbocycles. The molecule has 0 heterocycles. The minimum Gasteiger partial charge on any atom is -0.308 e. The van der Waals surface area contributed by atoms with Crippen LogP contribution in [0.25, 0.3) is 0 Å². The molecule has 1 amide bonds. The SMILES string of the molecule is Cc1cc(F)ccc1N(Cc1ccc(C#N)cc1)C(=O)CC1CC2CCC1C2. The molecule has 3 unspecified atom stereocenters. The molecule has 2 aromatic rings. The van der Waals surface area contributed by atoms with E-state index in [-0.39, 0.29) is 11.7 Å². The summed E-state index contributed by atoms with van der Waals surface area (Å²) in [4.78, 5) is 15.1. The Bertz CT molecular complexity index is 915. The fourth-order valence-electron chi connectivity index (χ4n) is 5.06. The summed E-state index contributed by atoms with van der Waals surface area (Å²) in [5.41, 5.74) is 3.08. The maximum atomic E-state index is 13.6. The Balaban J connectivity index is 1.58. The van der Waals surface area contributed by atoms with Gasteiger partial charge in [0.25, 0.3) is 0 Å². The van der Waals surface area contributed by atoms with Crippen LogP contribution < -0.4 is 4.90 Å². The van der Waals surface area contributed by atoms with Gasteiger partial charge in [-0.05, 0) is 85.4 Å². The number of carbonyl (C=O) groups is 1. The predicted molar refractivity (Wildman–Crippen MR) is 107 cm³/mol. The molecule has 2 saturated carbocycles. The van der Waals surface area contributed by atoms with E-state index in [1.54, 1.807) is 23.1 Å². The van der Waals surface area contributed by atoms with Crippen LogP contribution in [0, 0.1) is 41.8 Å². The number of amides is 1. The van der Waals surface area contributed by atoms with Gasteiger partial charge in [-0.1, -0.05) is 18.6 Å². The molecule has 3 atom stereocenters. The summed E-state index contributed by atoms with van der Waals surface area (Å²) >= 11 is 0. The predicted octanol–water partition coefficient (Wildman–Crippen LogP) is 5.37. The quantitative estimate of drug-likeness (QED) is 0.704. The molecule has 2 bridgehead atoms. The Labute approximate surface area is 165 Å². The van der Waals surface area contributed by atoms with Gasteiger partial charge in [0, 0.05) is 12.1 Å². The number of hydrogen-bond acceptors (Lipinski definition) is 2. The van der Waals surface area contributed by atoms with Gasteiger partial charge in [-0.3, -0.25) is 4.79 Å². The van der Waals surface area contributed by atoms with Crippen LogP contribution in [0.1, 0.15) is 48.8 Å². The van der Waals surface area contributed by atoms with Gasteiger partial charge in [0.1, 0.15) is 5.82 Å². The summed E-state index contributed by atoms with van der Waals surface area (Å²) in [6.45, 7) is 2.27. The van der Waals surface area contributed by atoms with Crippen molar-refractivity contribution in [1.82, 2.24) is 0 Å². The van der Waals surface area contributed by atoms with Crippen molar-refractivity contribution in [2.45, 2.75) is 45.6 Å². The minimum absolute atomic E-state index is 0.108. The van der Waals surface area contributed by atoms with Gasteiger partial charge in [0.2, 0.25) is 5.91 Å². The minimum atomic E-state index is -0.292. The summed E-state index contributed by atoms with van der Waals surface area (Å²) in [5.74, 6) is 1.80. The fraction of sp³-hybridized carbons (Fsp3) is 0.417. The van der Waals surface area contributed by atoms with Gasteiger partial charge in [0.05, 0.1) is 18.2 Å². The molecule has 0 N–H and O–H groups in total. The Morgan fingerprint density at radius 1 is 1.18 bits per heavy atom. The second-order valence-corrected chi connectivity index (χ2v) is 8.36. The van der Waals surface area contributed by atoms with Gasteiger partial charge >= 0.3 is 0 Å². The van der Waals surface area contributed by atoms with Gasteiger partial charge < -0.3 is 4.90 Å². The third-order valence-corrected chi connectivity index (χ3v) is 6.50. The molecule has 4 rings (SSSR count). The van der Waals surface area contributed by atoms with E-state index >= 15 is 0 Å². The zero-order valence-corrected chi connectivity index (χ0v) is 16.2. The smallest absolute Gasteiger partial charge is 0.227 e. The lowest BCUT2D eigenvalue weighted by Gasteiger charge is -2.28. The average molecular weight is 376 g/mol. The second-order valence-electron chi connectivity index (χ2n) is 8.36. The Morgan fingerprint density at radius 3 is 2.57 bits per heavy atom. The molecule has 0 aliphatic heterocycles.